The predicted molar refractivity (Wildman–Crippen MR) is 202 cm³/mol. The van der Waals surface area contributed by atoms with Crippen LogP contribution in [0.3, 0.4) is 0 Å². The highest BCUT2D eigenvalue weighted by molar-refractivity contribution is 6.01. The highest BCUT2D eigenvalue weighted by atomic mass is 16.3. The monoisotopic (exact) mass is 616 g/mol. The predicted octanol–water partition coefficient (Wildman–Crippen LogP) is 12.4. The Morgan fingerprint density at radius 3 is 1.71 bits per heavy atom. The van der Waals surface area contributed by atoms with Crippen molar-refractivity contribution in [2.45, 2.75) is 0 Å². The molecule has 0 bridgehead atoms. The molecule has 0 saturated carbocycles. The number of nitrogens with zero attached hydrogens (tertiary/aromatic N) is 1. The van der Waals surface area contributed by atoms with E-state index in [1.165, 1.54) is 44.2 Å². The minimum absolute atomic E-state index is 0.715. The van der Waals surface area contributed by atoms with Crippen molar-refractivity contribution in [3.05, 3.63) is 181 Å². The number of anilines is 4. The van der Waals surface area contributed by atoms with E-state index < -0.39 is 0 Å². The number of furan rings is 1. The Labute approximate surface area is 280 Å². The summed E-state index contributed by atoms with van der Waals surface area (Å²) in [5, 5.41) is 7.13. The summed E-state index contributed by atoms with van der Waals surface area (Å²) in [6.45, 7) is 0.715. The van der Waals surface area contributed by atoms with Crippen molar-refractivity contribution in [2.24, 2.45) is 0 Å². The molecule has 3 nitrogen and oxygen atoms in total. The molecule has 3 heteroatoms. The molecule has 0 aliphatic carbocycles. The van der Waals surface area contributed by atoms with E-state index in [-0.39, 0.29) is 0 Å². The number of fused-ring (bicyclic) bond motifs is 4. The Balaban J connectivity index is 1.08. The maximum absolute atomic E-state index is 6.05. The van der Waals surface area contributed by atoms with Crippen molar-refractivity contribution in [1.82, 2.24) is 0 Å². The number of hydrogen-bond donors (Lipinski definition) is 1. The van der Waals surface area contributed by atoms with Gasteiger partial charge in [-0.05, 0) is 98.8 Å². The lowest BCUT2D eigenvalue weighted by atomic mass is 9.98. The number of rotatable bonds is 6. The minimum atomic E-state index is 0.715. The van der Waals surface area contributed by atoms with E-state index in [0.717, 1.165) is 39.5 Å². The largest absolute Gasteiger partial charge is 0.440 e. The Kier molecular flexibility index (Phi) is 6.87. The standard InChI is InChI=1S/C45H32N2O/c1-2-8-31(9-3-1)33-16-22-39(23-17-33)47(40-24-18-34(19-25-40)37-15-14-32-10-4-5-11-36(32)28-37)41-26-20-35(21-27-41)38-29-43-42-12-6-7-13-44(42)48-45(43)46-30-38/h1-29,46H,30H2. The fraction of sp³-hybridized carbons (Fsp3) is 0.0222. The van der Waals surface area contributed by atoms with Crippen LogP contribution in [0.15, 0.2) is 174 Å². The fourth-order valence-electron chi connectivity index (χ4n) is 6.80. The fourth-order valence-corrected chi connectivity index (χ4v) is 6.80. The van der Waals surface area contributed by atoms with Gasteiger partial charge in [0, 0.05) is 34.6 Å². The van der Waals surface area contributed by atoms with Crippen molar-refractivity contribution in [3.63, 3.8) is 0 Å². The van der Waals surface area contributed by atoms with Gasteiger partial charge in [-0.3, -0.25) is 0 Å². The van der Waals surface area contributed by atoms with Gasteiger partial charge in [0.25, 0.3) is 0 Å². The first-order valence-electron chi connectivity index (χ1n) is 16.4. The highest BCUT2D eigenvalue weighted by Crippen LogP contribution is 2.40. The van der Waals surface area contributed by atoms with Crippen LogP contribution in [-0.4, -0.2) is 6.54 Å². The van der Waals surface area contributed by atoms with Gasteiger partial charge in [-0.25, -0.2) is 0 Å². The molecule has 0 atom stereocenters. The third-order valence-electron chi connectivity index (χ3n) is 9.33. The van der Waals surface area contributed by atoms with Gasteiger partial charge >= 0.3 is 0 Å². The second-order valence-electron chi connectivity index (χ2n) is 12.3. The van der Waals surface area contributed by atoms with Crippen LogP contribution < -0.4 is 10.2 Å². The molecular formula is C45H32N2O. The molecule has 2 heterocycles. The molecule has 0 unspecified atom stereocenters. The zero-order valence-electron chi connectivity index (χ0n) is 26.3. The molecule has 0 saturated heterocycles. The van der Waals surface area contributed by atoms with Crippen molar-refractivity contribution in [3.8, 4) is 22.3 Å². The van der Waals surface area contributed by atoms with Crippen molar-refractivity contribution < 1.29 is 4.42 Å². The molecular weight excluding hydrogens is 585 g/mol. The van der Waals surface area contributed by atoms with Crippen LogP contribution in [0, 0.1) is 0 Å². The van der Waals surface area contributed by atoms with E-state index in [0.29, 0.717) is 6.54 Å². The van der Waals surface area contributed by atoms with Gasteiger partial charge in [-0.2, -0.15) is 0 Å². The SMILES string of the molecule is C1=C(c2ccc(N(c3ccc(-c4ccccc4)cc3)c3ccc(-c4ccc5ccccc5c4)cc3)cc2)CNc2oc3ccccc3c21. The molecule has 228 valence electrons. The van der Waals surface area contributed by atoms with E-state index in [9.17, 15) is 0 Å². The third kappa shape index (κ3) is 5.12. The summed E-state index contributed by atoms with van der Waals surface area (Å²) in [5.41, 5.74) is 12.6. The number of para-hydroxylation sites is 1. The molecule has 7 aromatic carbocycles. The van der Waals surface area contributed by atoms with Gasteiger partial charge in [0.05, 0.1) is 0 Å². The second kappa shape index (κ2) is 11.8. The average molecular weight is 617 g/mol. The first kappa shape index (κ1) is 27.9. The van der Waals surface area contributed by atoms with Crippen LogP contribution in [0.5, 0.6) is 0 Å². The quantitative estimate of drug-likeness (QED) is 0.201. The van der Waals surface area contributed by atoms with Gasteiger partial charge in [0.15, 0.2) is 0 Å². The van der Waals surface area contributed by atoms with Crippen LogP contribution in [0.25, 0.3) is 55.6 Å². The Hall–Kier alpha value is -6.32. The van der Waals surface area contributed by atoms with Crippen molar-refractivity contribution >= 4 is 56.3 Å². The average Bonchev–Trinajstić information content (AvgIpc) is 3.54. The Morgan fingerprint density at radius 1 is 0.458 bits per heavy atom. The topological polar surface area (TPSA) is 28.4 Å². The summed E-state index contributed by atoms with van der Waals surface area (Å²) < 4.78 is 6.05. The molecule has 0 spiro atoms. The Bertz CT molecular complexity index is 2420. The summed E-state index contributed by atoms with van der Waals surface area (Å²) in [4.78, 5) is 2.33. The zero-order chi connectivity index (χ0) is 31.9. The van der Waals surface area contributed by atoms with Gasteiger partial charge < -0.3 is 14.6 Å². The van der Waals surface area contributed by atoms with Crippen LogP contribution in [-0.2, 0) is 0 Å². The van der Waals surface area contributed by atoms with Crippen LogP contribution >= 0.6 is 0 Å². The van der Waals surface area contributed by atoms with Crippen LogP contribution in [0.4, 0.5) is 22.9 Å². The number of benzene rings is 7. The van der Waals surface area contributed by atoms with Gasteiger partial charge in [0.2, 0.25) is 5.88 Å². The maximum Gasteiger partial charge on any atom is 0.201 e. The maximum atomic E-state index is 6.05. The molecule has 1 N–H and O–H groups in total. The van der Waals surface area contributed by atoms with Crippen molar-refractivity contribution in [1.29, 1.82) is 0 Å². The van der Waals surface area contributed by atoms with E-state index in [4.69, 9.17) is 4.42 Å². The molecule has 48 heavy (non-hydrogen) atoms. The van der Waals surface area contributed by atoms with Gasteiger partial charge in [0.1, 0.15) is 5.58 Å². The third-order valence-corrected chi connectivity index (χ3v) is 9.33. The smallest absolute Gasteiger partial charge is 0.201 e. The van der Waals surface area contributed by atoms with E-state index in [1.54, 1.807) is 0 Å². The second-order valence-corrected chi connectivity index (χ2v) is 12.3. The minimum Gasteiger partial charge on any atom is -0.440 e. The molecule has 0 fully saturated rings. The Morgan fingerprint density at radius 2 is 1.00 bits per heavy atom. The van der Waals surface area contributed by atoms with Gasteiger partial charge in [-0.15, -0.1) is 0 Å². The van der Waals surface area contributed by atoms with E-state index in [1.807, 2.05) is 12.1 Å². The molecule has 8 aromatic rings. The molecule has 1 aliphatic rings. The first-order valence-corrected chi connectivity index (χ1v) is 16.4. The molecule has 9 rings (SSSR count). The summed E-state index contributed by atoms with van der Waals surface area (Å²) in [6.07, 6.45) is 2.26. The highest BCUT2D eigenvalue weighted by Gasteiger charge is 2.19. The summed E-state index contributed by atoms with van der Waals surface area (Å²) >= 11 is 0. The number of hydrogen-bond acceptors (Lipinski definition) is 3. The van der Waals surface area contributed by atoms with E-state index in [2.05, 4.69) is 174 Å². The lowest BCUT2D eigenvalue weighted by molar-refractivity contribution is 0.628. The summed E-state index contributed by atoms with van der Waals surface area (Å²) in [5.74, 6) is 0.842. The molecule has 0 radical (unpaired) electrons. The molecule has 1 aromatic heterocycles. The summed E-state index contributed by atoms with van der Waals surface area (Å²) in [6, 6.07) is 60.6. The lowest BCUT2D eigenvalue weighted by Crippen LogP contribution is -2.11. The first-order chi connectivity index (χ1) is 23.8. The number of nitrogens with one attached hydrogen (secondary N) is 1. The van der Waals surface area contributed by atoms with Gasteiger partial charge in [-0.1, -0.05) is 121 Å². The summed E-state index contributed by atoms with van der Waals surface area (Å²) in [7, 11) is 0. The van der Waals surface area contributed by atoms with Crippen LogP contribution in [0.1, 0.15) is 11.1 Å². The van der Waals surface area contributed by atoms with Crippen molar-refractivity contribution in [2.75, 3.05) is 16.8 Å². The zero-order valence-corrected chi connectivity index (χ0v) is 26.3. The van der Waals surface area contributed by atoms with E-state index >= 15 is 0 Å². The molecule has 0 amide bonds. The molecule has 1 aliphatic heterocycles. The normalized spacial score (nSPS) is 12.4. The lowest BCUT2D eigenvalue weighted by Gasteiger charge is -2.26. The van der Waals surface area contributed by atoms with Crippen LogP contribution in [0.2, 0.25) is 0 Å².